The van der Waals surface area contributed by atoms with Crippen molar-refractivity contribution in [3.8, 4) is 0 Å². The van der Waals surface area contributed by atoms with E-state index in [9.17, 15) is 9.59 Å². The summed E-state index contributed by atoms with van der Waals surface area (Å²) in [5, 5.41) is 8.84. The lowest BCUT2D eigenvalue weighted by molar-refractivity contribution is -0.129. The summed E-state index contributed by atoms with van der Waals surface area (Å²) in [6, 6.07) is 10.1. The minimum absolute atomic E-state index is 0.0155. The van der Waals surface area contributed by atoms with Crippen LogP contribution in [0.2, 0.25) is 0 Å². The third-order valence-corrected chi connectivity index (χ3v) is 3.75. The Bertz CT molecular complexity index is 476. The van der Waals surface area contributed by atoms with E-state index in [1.54, 1.807) is 0 Å². The van der Waals surface area contributed by atoms with Crippen molar-refractivity contribution in [2.45, 2.75) is 32.4 Å². The van der Waals surface area contributed by atoms with Crippen LogP contribution in [0.1, 0.15) is 25.3 Å². The van der Waals surface area contributed by atoms with E-state index < -0.39 is 0 Å². The summed E-state index contributed by atoms with van der Waals surface area (Å²) in [4.78, 5) is 23.7. The van der Waals surface area contributed by atoms with Gasteiger partial charge in [-0.2, -0.15) is 0 Å². The predicted octanol–water partition coefficient (Wildman–Crippen LogP) is 0.807. The van der Waals surface area contributed by atoms with Gasteiger partial charge in [-0.05, 0) is 31.9 Å². The number of nitrogens with one attached hydrogen (secondary N) is 3. The first-order valence-electron chi connectivity index (χ1n) is 7.47. The number of carbonyl (C=O) groups is 2. The average molecular weight is 289 g/mol. The number of carbonyl (C=O) groups excluding carboxylic acids is 2. The van der Waals surface area contributed by atoms with E-state index in [2.05, 4.69) is 22.9 Å². The highest BCUT2D eigenvalue weighted by atomic mass is 16.2. The highest BCUT2D eigenvalue weighted by Crippen LogP contribution is 2.15. The molecule has 1 aromatic rings. The summed E-state index contributed by atoms with van der Waals surface area (Å²) in [6.07, 6.45) is 1.67. The van der Waals surface area contributed by atoms with E-state index in [0.29, 0.717) is 12.6 Å². The van der Waals surface area contributed by atoms with Crippen molar-refractivity contribution < 1.29 is 9.59 Å². The monoisotopic (exact) mass is 289 g/mol. The van der Waals surface area contributed by atoms with Gasteiger partial charge >= 0.3 is 0 Å². The summed E-state index contributed by atoms with van der Waals surface area (Å²) in [7, 11) is 0. The number of amides is 2. The largest absolute Gasteiger partial charge is 0.350 e. The smallest absolute Gasteiger partial charge is 0.239 e. The summed E-state index contributed by atoms with van der Waals surface area (Å²) in [6.45, 7) is 3.47. The Morgan fingerprint density at radius 2 is 2.00 bits per heavy atom. The SMILES string of the molecule is CC1CC(C(=O)NCC(=O)NCc2ccccc2)CCN1. The second kappa shape index (κ2) is 7.78. The Balaban J connectivity index is 1.67. The van der Waals surface area contributed by atoms with Crippen LogP contribution in [0.4, 0.5) is 0 Å². The van der Waals surface area contributed by atoms with E-state index >= 15 is 0 Å². The molecule has 2 amide bonds. The molecule has 5 nitrogen and oxygen atoms in total. The normalized spacial score (nSPS) is 21.6. The standard InChI is InChI=1S/C16H23N3O2/c1-12-9-14(7-8-17-12)16(21)19-11-15(20)18-10-13-5-3-2-4-6-13/h2-6,12,14,17H,7-11H2,1H3,(H,18,20)(H,19,21). The zero-order valence-corrected chi connectivity index (χ0v) is 12.4. The van der Waals surface area contributed by atoms with Gasteiger partial charge in [0, 0.05) is 18.5 Å². The quantitative estimate of drug-likeness (QED) is 0.751. The molecule has 0 bridgehead atoms. The highest BCUT2D eigenvalue weighted by molar-refractivity contribution is 5.85. The third kappa shape index (κ3) is 5.19. The molecule has 0 aromatic heterocycles. The lowest BCUT2D eigenvalue weighted by atomic mass is 9.92. The fourth-order valence-electron chi connectivity index (χ4n) is 2.54. The van der Waals surface area contributed by atoms with Crippen molar-refractivity contribution in [3.63, 3.8) is 0 Å². The molecule has 1 heterocycles. The maximum absolute atomic E-state index is 12.0. The number of benzene rings is 1. The van der Waals surface area contributed by atoms with E-state index in [0.717, 1.165) is 24.9 Å². The van der Waals surface area contributed by atoms with Crippen LogP contribution in [0.25, 0.3) is 0 Å². The first kappa shape index (κ1) is 15.5. The van der Waals surface area contributed by atoms with Gasteiger partial charge in [-0.25, -0.2) is 0 Å². The van der Waals surface area contributed by atoms with Gasteiger partial charge in [-0.3, -0.25) is 9.59 Å². The van der Waals surface area contributed by atoms with Crippen molar-refractivity contribution in [3.05, 3.63) is 35.9 Å². The minimum Gasteiger partial charge on any atom is -0.350 e. The third-order valence-electron chi connectivity index (χ3n) is 3.75. The fourth-order valence-corrected chi connectivity index (χ4v) is 2.54. The van der Waals surface area contributed by atoms with Crippen molar-refractivity contribution in [2.75, 3.05) is 13.1 Å². The average Bonchev–Trinajstić information content (AvgIpc) is 2.51. The van der Waals surface area contributed by atoms with Crippen molar-refractivity contribution in [2.24, 2.45) is 5.92 Å². The maximum atomic E-state index is 12.0. The Morgan fingerprint density at radius 1 is 1.24 bits per heavy atom. The predicted molar refractivity (Wildman–Crippen MR) is 81.5 cm³/mol. The molecule has 2 atom stereocenters. The molecule has 0 aliphatic carbocycles. The second-order valence-electron chi connectivity index (χ2n) is 5.56. The molecule has 0 saturated carbocycles. The first-order valence-corrected chi connectivity index (χ1v) is 7.47. The van der Waals surface area contributed by atoms with Gasteiger partial charge < -0.3 is 16.0 Å². The molecular formula is C16H23N3O2. The highest BCUT2D eigenvalue weighted by Gasteiger charge is 2.24. The van der Waals surface area contributed by atoms with Gasteiger partial charge in [0.2, 0.25) is 11.8 Å². The van der Waals surface area contributed by atoms with E-state index in [-0.39, 0.29) is 24.3 Å². The van der Waals surface area contributed by atoms with Gasteiger partial charge in [0.05, 0.1) is 6.54 Å². The number of hydrogen-bond donors (Lipinski definition) is 3. The molecule has 0 spiro atoms. The van der Waals surface area contributed by atoms with Crippen LogP contribution in [0, 0.1) is 5.92 Å². The molecule has 1 aliphatic rings. The van der Waals surface area contributed by atoms with Crippen LogP contribution in [0.15, 0.2) is 30.3 Å². The molecule has 5 heteroatoms. The minimum atomic E-state index is -0.158. The zero-order valence-electron chi connectivity index (χ0n) is 12.4. The van der Waals surface area contributed by atoms with Crippen molar-refractivity contribution in [1.82, 2.24) is 16.0 Å². The second-order valence-corrected chi connectivity index (χ2v) is 5.56. The van der Waals surface area contributed by atoms with Gasteiger partial charge in [-0.1, -0.05) is 30.3 Å². The van der Waals surface area contributed by atoms with Crippen molar-refractivity contribution in [1.29, 1.82) is 0 Å². The molecule has 114 valence electrons. The van der Waals surface area contributed by atoms with Crippen LogP contribution < -0.4 is 16.0 Å². The summed E-state index contributed by atoms with van der Waals surface area (Å²) in [5.74, 6) is -0.157. The molecule has 0 radical (unpaired) electrons. The maximum Gasteiger partial charge on any atom is 0.239 e. The first-order chi connectivity index (χ1) is 10.1. The van der Waals surface area contributed by atoms with Crippen LogP contribution in [-0.2, 0) is 16.1 Å². The molecular weight excluding hydrogens is 266 g/mol. The molecule has 1 saturated heterocycles. The van der Waals surface area contributed by atoms with Crippen LogP contribution >= 0.6 is 0 Å². The van der Waals surface area contributed by atoms with Crippen LogP contribution in [0.3, 0.4) is 0 Å². The Hall–Kier alpha value is -1.88. The Kier molecular flexibility index (Phi) is 5.75. The summed E-state index contributed by atoms with van der Waals surface area (Å²) < 4.78 is 0. The molecule has 21 heavy (non-hydrogen) atoms. The summed E-state index contributed by atoms with van der Waals surface area (Å²) in [5.41, 5.74) is 1.05. The van der Waals surface area contributed by atoms with E-state index in [1.165, 1.54) is 0 Å². The van der Waals surface area contributed by atoms with Crippen LogP contribution in [0.5, 0.6) is 0 Å². The topological polar surface area (TPSA) is 70.2 Å². The van der Waals surface area contributed by atoms with Gasteiger partial charge in [0.15, 0.2) is 0 Å². The molecule has 3 N–H and O–H groups in total. The molecule has 2 rings (SSSR count). The van der Waals surface area contributed by atoms with Crippen LogP contribution in [-0.4, -0.2) is 30.9 Å². The lowest BCUT2D eigenvalue weighted by Crippen LogP contribution is -2.44. The Labute approximate surface area is 125 Å². The zero-order chi connectivity index (χ0) is 15.1. The molecule has 1 fully saturated rings. The number of piperidine rings is 1. The van der Waals surface area contributed by atoms with E-state index in [1.807, 2.05) is 30.3 Å². The van der Waals surface area contributed by atoms with E-state index in [4.69, 9.17) is 0 Å². The van der Waals surface area contributed by atoms with Gasteiger partial charge in [-0.15, -0.1) is 0 Å². The molecule has 1 aliphatic heterocycles. The van der Waals surface area contributed by atoms with Gasteiger partial charge in [0.25, 0.3) is 0 Å². The number of rotatable bonds is 5. The van der Waals surface area contributed by atoms with Gasteiger partial charge in [0.1, 0.15) is 0 Å². The summed E-state index contributed by atoms with van der Waals surface area (Å²) >= 11 is 0. The number of hydrogen-bond acceptors (Lipinski definition) is 3. The molecule has 2 unspecified atom stereocenters. The molecule has 1 aromatic carbocycles. The lowest BCUT2D eigenvalue weighted by Gasteiger charge is -2.26. The fraction of sp³-hybridized carbons (Fsp3) is 0.500. The Morgan fingerprint density at radius 3 is 2.71 bits per heavy atom. The van der Waals surface area contributed by atoms with Crippen molar-refractivity contribution >= 4 is 11.8 Å².